The maximum absolute atomic E-state index is 13.4. The number of amides is 1. The van der Waals surface area contributed by atoms with Crippen LogP contribution >= 0.6 is 0 Å². The van der Waals surface area contributed by atoms with Crippen molar-refractivity contribution < 1.29 is 22.0 Å². The quantitative estimate of drug-likeness (QED) is 0.606. The molecule has 1 atom stereocenters. The number of hydrogen-bond acceptors (Lipinski definition) is 4. The van der Waals surface area contributed by atoms with Crippen LogP contribution in [-0.2, 0) is 9.84 Å². The number of rotatable bonds is 4. The van der Waals surface area contributed by atoms with Gasteiger partial charge < -0.3 is 0 Å². The molecule has 0 N–H and O–H groups in total. The predicted molar refractivity (Wildman–Crippen MR) is 112 cm³/mol. The molecule has 0 aliphatic carbocycles. The Balaban J connectivity index is 1.71. The highest BCUT2D eigenvalue weighted by molar-refractivity contribution is 7.90. The van der Waals surface area contributed by atoms with Gasteiger partial charge in [-0.2, -0.15) is 5.10 Å². The third-order valence-electron chi connectivity index (χ3n) is 5.08. The molecule has 0 spiro atoms. The van der Waals surface area contributed by atoms with Gasteiger partial charge in [0.2, 0.25) is 0 Å². The number of benzene rings is 3. The summed E-state index contributed by atoms with van der Waals surface area (Å²) in [6, 6.07) is 16.8. The largest absolute Gasteiger partial charge is 0.274 e. The molecule has 31 heavy (non-hydrogen) atoms. The van der Waals surface area contributed by atoms with Crippen LogP contribution < -0.4 is 0 Å². The van der Waals surface area contributed by atoms with E-state index in [4.69, 9.17) is 0 Å². The maximum atomic E-state index is 13.4. The Kier molecular flexibility index (Phi) is 5.41. The zero-order valence-electron chi connectivity index (χ0n) is 16.5. The highest BCUT2D eigenvalue weighted by atomic mass is 32.2. The van der Waals surface area contributed by atoms with Crippen molar-refractivity contribution in [3.8, 4) is 0 Å². The minimum Gasteiger partial charge on any atom is -0.267 e. The Labute approximate surface area is 178 Å². The van der Waals surface area contributed by atoms with Gasteiger partial charge in [-0.15, -0.1) is 0 Å². The third-order valence-corrected chi connectivity index (χ3v) is 6.21. The summed E-state index contributed by atoms with van der Waals surface area (Å²) in [6.07, 6.45) is 1.46. The van der Waals surface area contributed by atoms with Crippen LogP contribution in [0.15, 0.2) is 82.8 Å². The van der Waals surface area contributed by atoms with Crippen LogP contribution in [0.4, 0.5) is 8.78 Å². The third kappa shape index (κ3) is 4.39. The number of halogens is 2. The van der Waals surface area contributed by atoms with Crippen molar-refractivity contribution in [2.45, 2.75) is 17.4 Å². The summed E-state index contributed by atoms with van der Waals surface area (Å²) < 4.78 is 50.1. The van der Waals surface area contributed by atoms with E-state index in [1.807, 2.05) is 0 Å². The van der Waals surface area contributed by atoms with Crippen molar-refractivity contribution in [1.29, 1.82) is 0 Å². The SMILES string of the molecule is CS(=O)(=O)c1ccc(C(=O)N2N=C(c3ccc(F)cc3)CC2c2ccc(F)cc2)cc1. The van der Waals surface area contributed by atoms with E-state index >= 15 is 0 Å². The average molecular weight is 440 g/mol. The monoisotopic (exact) mass is 440 g/mol. The van der Waals surface area contributed by atoms with Crippen molar-refractivity contribution in [2.24, 2.45) is 5.10 Å². The topological polar surface area (TPSA) is 66.8 Å². The van der Waals surface area contributed by atoms with Gasteiger partial charge in [0.1, 0.15) is 11.6 Å². The van der Waals surface area contributed by atoms with Gasteiger partial charge in [-0.3, -0.25) is 4.79 Å². The summed E-state index contributed by atoms with van der Waals surface area (Å²) in [4.78, 5) is 13.3. The van der Waals surface area contributed by atoms with Gasteiger partial charge in [-0.05, 0) is 59.7 Å². The Morgan fingerprint density at radius 3 is 2.00 bits per heavy atom. The Bertz CT molecular complexity index is 1250. The second kappa shape index (κ2) is 8.03. The first-order valence-electron chi connectivity index (χ1n) is 9.45. The maximum Gasteiger partial charge on any atom is 0.274 e. The van der Waals surface area contributed by atoms with Crippen LogP contribution in [0, 0.1) is 11.6 Å². The van der Waals surface area contributed by atoms with E-state index in [9.17, 15) is 22.0 Å². The summed E-state index contributed by atoms with van der Waals surface area (Å²) in [5.74, 6) is -1.20. The lowest BCUT2D eigenvalue weighted by Crippen LogP contribution is -2.27. The fourth-order valence-corrected chi connectivity index (χ4v) is 4.07. The molecule has 1 heterocycles. The molecule has 3 aromatic rings. The fraction of sp³-hybridized carbons (Fsp3) is 0.130. The molecule has 1 aliphatic rings. The normalized spacial score (nSPS) is 16.3. The predicted octanol–water partition coefficient (Wildman–Crippen LogP) is 4.36. The molecular weight excluding hydrogens is 422 g/mol. The minimum absolute atomic E-state index is 0.107. The molecular formula is C23H18F2N2O3S. The number of nitrogens with zero attached hydrogens (tertiary/aromatic N) is 2. The van der Waals surface area contributed by atoms with Gasteiger partial charge in [0.05, 0.1) is 16.6 Å². The fourth-order valence-electron chi connectivity index (χ4n) is 3.44. The Morgan fingerprint density at radius 2 is 1.45 bits per heavy atom. The summed E-state index contributed by atoms with van der Waals surface area (Å²) in [6.45, 7) is 0. The molecule has 1 aliphatic heterocycles. The number of hydrogen-bond donors (Lipinski definition) is 0. The molecule has 0 bridgehead atoms. The van der Waals surface area contributed by atoms with Crippen LogP contribution in [0.25, 0.3) is 0 Å². The summed E-state index contributed by atoms with van der Waals surface area (Å²) >= 11 is 0. The molecule has 0 aromatic heterocycles. The lowest BCUT2D eigenvalue weighted by molar-refractivity contribution is 0.0711. The Morgan fingerprint density at radius 1 is 0.903 bits per heavy atom. The first-order valence-corrected chi connectivity index (χ1v) is 11.3. The van der Waals surface area contributed by atoms with E-state index in [1.54, 1.807) is 24.3 Å². The van der Waals surface area contributed by atoms with Gasteiger partial charge in [-0.1, -0.05) is 24.3 Å². The van der Waals surface area contributed by atoms with Gasteiger partial charge in [0.15, 0.2) is 9.84 Å². The van der Waals surface area contributed by atoms with Crippen molar-refractivity contribution in [1.82, 2.24) is 5.01 Å². The van der Waals surface area contributed by atoms with Crippen LogP contribution in [0.3, 0.4) is 0 Å². The summed E-state index contributed by atoms with van der Waals surface area (Å²) in [7, 11) is -3.39. The van der Waals surface area contributed by atoms with E-state index in [2.05, 4.69) is 5.10 Å². The van der Waals surface area contributed by atoms with Gasteiger partial charge in [-0.25, -0.2) is 22.2 Å². The first kappa shape index (κ1) is 20.9. The van der Waals surface area contributed by atoms with E-state index in [-0.39, 0.29) is 16.3 Å². The van der Waals surface area contributed by atoms with Crippen molar-refractivity contribution in [3.63, 3.8) is 0 Å². The molecule has 5 nitrogen and oxygen atoms in total. The lowest BCUT2D eigenvalue weighted by Gasteiger charge is -2.22. The smallest absolute Gasteiger partial charge is 0.267 e. The number of carbonyl (C=O) groups is 1. The Hall–Kier alpha value is -3.39. The second-order valence-corrected chi connectivity index (χ2v) is 9.29. The number of sulfone groups is 1. The highest BCUT2D eigenvalue weighted by Crippen LogP contribution is 2.34. The second-order valence-electron chi connectivity index (χ2n) is 7.27. The van der Waals surface area contributed by atoms with Gasteiger partial charge >= 0.3 is 0 Å². The van der Waals surface area contributed by atoms with E-state index < -0.39 is 27.6 Å². The first-order chi connectivity index (χ1) is 14.7. The van der Waals surface area contributed by atoms with Crippen molar-refractivity contribution in [3.05, 3.63) is 101 Å². The molecule has 0 radical (unpaired) electrons. The van der Waals surface area contributed by atoms with Crippen LogP contribution in [-0.4, -0.2) is 31.3 Å². The molecule has 1 unspecified atom stereocenters. The number of carbonyl (C=O) groups excluding carboxylic acids is 1. The average Bonchev–Trinajstić information content (AvgIpc) is 3.19. The van der Waals surface area contributed by atoms with Crippen LogP contribution in [0.1, 0.15) is 33.9 Å². The van der Waals surface area contributed by atoms with Crippen LogP contribution in [0.5, 0.6) is 0 Å². The summed E-state index contributed by atoms with van der Waals surface area (Å²) in [5, 5.41) is 5.79. The lowest BCUT2D eigenvalue weighted by atomic mass is 9.98. The van der Waals surface area contributed by atoms with Crippen LogP contribution in [0.2, 0.25) is 0 Å². The molecule has 158 valence electrons. The van der Waals surface area contributed by atoms with E-state index in [0.29, 0.717) is 23.3 Å². The molecule has 0 fully saturated rings. The number of hydrazone groups is 1. The van der Waals surface area contributed by atoms with E-state index in [0.717, 1.165) is 6.26 Å². The van der Waals surface area contributed by atoms with E-state index in [1.165, 1.54) is 53.5 Å². The highest BCUT2D eigenvalue weighted by Gasteiger charge is 2.33. The molecule has 0 saturated carbocycles. The van der Waals surface area contributed by atoms with Crippen molar-refractivity contribution >= 4 is 21.5 Å². The standard InChI is InChI=1S/C23H18F2N2O3S/c1-31(29,30)20-12-6-17(7-13-20)23(28)27-22(16-4-10-19(25)11-5-16)14-21(26-27)15-2-8-18(24)9-3-15/h2-13,22H,14H2,1H3. The van der Waals surface area contributed by atoms with Crippen molar-refractivity contribution in [2.75, 3.05) is 6.26 Å². The van der Waals surface area contributed by atoms with Gasteiger partial charge in [0.25, 0.3) is 5.91 Å². The molecule has 4 rings (SSSR count). The molecule has 8 heteroatoms. The molecule has 1 amide bonds. The van der Waals surface area contributed by atoms with Gasteiger partial charge in [0, 0.05) is 18.2 Å². The zero-order valence-corrected chi connectivity index (χ0v) is 17.3. The minimum atomic E-state index is -3.39. The molecule has 3 aromatic carbocycles. The summed E-state index contributed by atoms with van der Waals surface area (Å²) in [5.41, 5.74) is 2.23. The molecule has 0 saturated heterocycles. The zero-order chi connectivity index (χ0) is 22.2.